The summed E-state index contributed by atoms with van der Waals surface area (Å²) < 4.78 is 61.4. The van der Waals surface area contributed by atoms with E-state index in [4.69, 9.17) is 4.52 Å². The van der Waals surface area contributed by atoms with Gasteiger partial charge in [0, 0.05) is 38.3 Å². The Kier molecular flexibility index (Phi) is 5.99. The lowest BCUT2D eigenvalue weighted by molar-refractivity contribution is -0.137. The maximum Gasteiger partial charge on any atom is 0.248 e. The molecule has 12 heteroatoms. The number of sulfonamides is 1. The maximum absolute atomic E-state index is 13.9. The summed E-state index contributed by atoms with van der Waals surface area (Å²) in [6, 6.07) is 1.33. The molecule has 1 aliphatic heterocycles. The van der Waals surface area contributed by atoms with E-state index in [1.807, 2.05) is 13.8 Å². The third-order valence-corrected chi connectivity index (χ3v) is 8.06. The van der Waals surface area contributed by atoms with E-state index < -0.39 is 27.7 Å². The number of imidazole rings is 1. The Morgan fingerprint density at radius 3 is 2.30 bits per heavy atom. The molecule has 0 spiro atoms. The van der Waals surface area contributed by atoms with E-state index in [2.05, 4.69) is 10.1 Å². The molecule has 3 heterocycles. The quantitative estimate of drug-likeness (QED) is 0.555. The van der Waals surface area contributed by atoms with Crippen molar-refractivity contribution in [2.75, 3.05) is 26.2 Å². The zero-order valence-corrected chi connectivity index (χ0v) is 19.6. The molecule has 0 N–H and O–H groups in total. The molecule has 1 fully saturated rings. The van der Waals surface area contributed by atoms with E-state index in [1.54, 1.807) is 23.3 Å². The lowest BCUT2D eigenvalue weighted by Gasteiger charge is -2.36. The first-order valence-corrected chi connectivity index (χ1v) is 12.0. The molecule has 178 valence electrons. The second-order valence-electron chi connectivity index (χ2n) is 8.48. The number of amides is 1. The minimum Gasteiger partial charge on any atom is -0.360 e. The number of hydrogen-bond donors (Lipinski definition) is 0. The van der Waals surface area contributed by atoms with Crippen LogP contribution >= 0.6 is 0 Å². The van der Waals surface area contributed by atoms with E-state index in [0.717, 1.165) is 12.1 Å². The Bertz CT molecular complexity index is 1290. The average molecular weight is 482 g/mol. The molecule has 33 heavy (non-hydrogen) atoms. The van der Waals surface area contributed by atoms with Gasteiger partial charge in [-0.25, -0.2) is 22.2 Å². The van der Waals surface area contributed by atoms with Gasteiger partial charge in [0.1, 0.15) is 16.6 Å². The van der Waals surface area contributed by atoms with Crippen LogP contribution in [0.4, 0.5) is 8.78 Å². The molecule has 1 aromatic carbocycles. The van der Waals surface area contributed by atoms with Crippen LogP contribution in [0.3, 0.4) is 0 Å². The predicted molar refractivity (Wildman–Crippen MR) is 115 cm³/mol. The largest absolute Gasteiger partial charge is 0.360 e. The van der Waals surface area contributed by atoms with Gasteiger partial charge in [-0.1, -0.05) is 19.0 Å². The normalized spacial score (nSPS) is 16.6. The monoisotopic (exact) mass is 481 g/mol. The summed E-state index contributed by atoms with van der Waals surface area (Å²) >= 11 is 0. The first-order chi connectivity index (χ1) is 15.5. The van der Waals surface area contributed by atoms with Crippen LogP contribution < -0.4 is 0 Å². The second-order valence-corrected chi connectivity index (χ2v) is 10.4. The molecule has 0 bridgehead atoms. The van der Waals surface area contributed by atoms with E-state index in [9.17, 15) is 22.0 Å². The zero-order chi connectivity index (χ0) is 24.1. The Morgan fingerprint density at radius 2 is 1.73 bits per heavy atom. The highest BCUT2D eigenvalue weighted by Crippen LogP contribution is 2.29. The topological polar surface area (TPSA) is 102 Å². The number of hydrogen-bond acceptors (Lipinski definition) is 6. The van der Waals surface area contributed by atoms with Crippen LogP contribution in [0.25, 0.3) is 11.0 Å². The lowest BCUT2D eigenvalue weighted by atomic mass is 10.0. The van der Waals surface area contributed by atoms with Crippen molar-refractivity contribution >= 4 is 27.0 Å². The molecule has 0 aliphatic carbocycles. The molecule has 0 saturated carbocycles. The highest BCUT2D eigenvalue weighted by Gasteiger charge is 2.37. The highest BCUT2D eigenvalue weighted by atomic mass is 32.2. The third-order valence-electron chi connectivity index (χ3n) is 5.92. The molecule has 4 rings (SSSR count). The lowest BCUT2D eigenvalue weighted by Crippen LogP contribution is -2.52. The Morgan fingerprint density at radius 1 is 1.09 bits per heavy atom. The number of fused-ring (bicyclic) bond motifs is 1. The van der Waals surface area contributed by atoms with Gasteiger partial charge in [-0.2, -0.15) is 4.31 Å². The fraction of sp³-hybridized carbons (Fsp3) is 0.476. The molecule has 9 nitrogen and oxygen atoms in total. The summed E-state index contributed by atoms with van der Waals surface area (Å²) in [4.78, 5) is 19.2. The maximum atomic E-state index is 13.9. The van der Waals surface area contributed by atoms with Gasteiger partial charge in [-0.3, -0.25) is 4.79 Å². The molecular weight excluding hydrogens is 456 g/mol. The molecule has 1 atom stereocenters. The van der Waals surface area contributed by atoms with Gasteiger partial charge in [0.15, 0.2) is 17.4 Å². The van der Waals surface area contributed by atoms with Crippen molar-refractivity contribution in [3.63, 3.8) is 0 Å². The molecule has 1 unspecified atom stereocenters. The number of carbonyl (C=O) groups excluding carboxylic acids is 1. The standard InChI is InChI=1S/C21H25F2N5O4S/c1-12(2)19(28-11-24-17-9-15(22)16(23)10-18(17)28)21(29)26-5-7-27(8-6-26)33(30,31)20-13(3)25-32-14(20)4/h9-12,19H,5-8H2,1-4H3. The number of aromatic nitrogens is 3. The van der Waals surface area contributed by atoms with E-state index in [0.29, 0.717) is 11.2 Å². The van der Waals surface area contributed by atoms with Crippen molar-refractivity contribution in [1.82, 2.24) is 23.9 Å². The summed E-state index contributed by atoms with van der Waals surface area (Å²) in [5, 5.41) is 3.72. The highest BCUT2D eigenvalue weighted by molar-refractivity contribution is 7.89. The minimum atomic E-state index is -3.80. The van der Waals surface area contributed by atoms with Crippen LogP contribution in [0.15, 0.2) is 27.9 Å². The SMILES string of the molecule is Cc1noc(C)c1S(=O)(=O)N1CCN(C(=O)C(C(C)C)n2cnc3cc(F)c(F)cc32)CC1. The molecule has 2 aromatic heterocycles. The van der Waals surface area contributed by atoms with Gasteiger partial charge < -0.3 is 14.0 Å². The van der Waals surface area contributed by atoms with Gasteiger partial charge in [-0.05, 0) is 19.8 Å². The van der Waals surface area contributed by atoms with Crippen LogP contribution in [0, 0.1) is 31.4 Å². The van der Waals surface area contributed by atoms with Gasteiger partial charge in [0.25, 0.3) is 0 Å². The zero-order valence-electron chi connectivity index (χ0n) is 18.7. The van der Waals surface area contributed by atoms with Crippen molar-refractivity contribution in [2.45, 2.75) is 38.6 Å². The summed E-state index contributed by atoms with van der Waals surface area (Å²) in [5.41, 5.74) is 0.866. The number of halogens is 2. The summed E-state index contributed by atoms with van der Waals surface area (Å²) in [6.45, 7) is 7.45. The molecule has 1 amide bonds. The van der Waals surface area contributed by atoms with Crippen molar-refractivity contribution in [3.8, 4) is 0 Å². The molecule has 1 aliphatic rings. The summed E-state index contributed by atoms with van der Waals surface area (Å²) in [5.74, 6) is -2.20. The summed E-state index contributed by atoms with van der Waals surface area (Å²) in [6.07, 6.45) is 1.41. The summed E-state index contributed by atoms with van der Waals surface area (Å²) in [7, 11) is -3.80. The van der Waals surface area contributed by atoms with Crippen LogP contribution in [0.5, 0.6) is 0 Å². The number of benzene rings is 1. The Balaban J connectivity index is 1.56. The second kappa shape index (κ2) is 8.49. The molecule has 0 radical (unpaired) electrons. The smallest absolute Gasteiger partial charge is 0.248 e. The first kappa shape index (κ1) is 23.3. The van der Waals surface area contributed by atoms with Crippen LogP contribution in [0.1, 0.15) is 31.3 Å². The third kappa shape index (κ3) is 4.01. The van der Waals surface area contributed by atoms with Gasteiger partial charge >= 0.3 is 0 Å². The van der Waals surface area contributed by atoms with E-state index >= 15 is 0 Å². The van der Waals surface area contributed by atoms with Crippen LogP contribution in [-0.4, -0.2) is 64.4 Å². The Hall–Kier alpha value is -2.86. The molecule has 3 aromatic rings. The minimum absolute atomic E-state index is 0.0569. The average Bonchev–Trinajstić information content (AvgIpc) is 3.31. The van der Waals surface area contributed by atoms with Gasteiger partial charge in [0.05, 0.1) is 17.4 Å². The van der Waals surface area contributed by atoms with Crippen molar-refractivity contribution < 1.29 is 26.5 Å². The van der Waals surface area contributed by atoms with Crippen LogP contribution in [0.2, 0.25) is 0 Å². The number of rotatable bonds is 5. The van der Waals surface area contributed by atoms with Crippen LogP contribution in [-0.2, 0) is 14.8 Å². The molecular formula is C21H25F2N5O4S. The number of aryl methyl sites for hydroxylation is 2. The van der Waals surface area contributed by atoms with Gasteiger partial charge in [0.2, 0.25) is 15.9 Å². The van der Waals surface area contributed by atoms with E-state index in [-0.39, 0.29) is 54.2 Å². The fourth-order valence-corrected chi connectivity index (χ4v) is 5.99. The van der Waals surface area contributed by atoms with Gasteiger partial charge in [-0.15, -0.1) is 0 Å². The predicted octanol–water partition coefficient (Wildman–Crippen LogP) is 2.65. The number of nitrogens with zero attached hydrogens (tertiary/aromatic N) is 5. The first-order valence-electron chi connectivity index (χ1n) is 10.6. The number of carbonyl (C=O) groups is 1. The molecule has 1 saturated heterocycles. The number of piperazine rings is 1. The van der Waals surface area contributed by atoms with E-state index in [1.165, 1.54) is 10.6 Å². The van der Waals surface area contributed by atoms with Crippen molar-refractivity contribution in [3.05, 3.63) is 41.5 Å². The fourth-order valence-electron chi connectivity index (χ4n) is 4.28. The van der Waals surface area contributed by atoms with Crippen molar-refractivity contribution in [1.29, 1.82) is 0 Å². The van der Waals surface area contributed by atoms with Crippen molar-refractivity contribution in [2.24, 2.45) is 5.92 Å². The Labute approximate surface area is 190 Å².